The molecule has 1 heterocycles. The third-order valence-electron chi connectivity index (χ3n) is 5.09. The van der Waals surface area contributed by atoms with E-state index in [0.717, 1.165) is 25.4 Å². The van der Waals surface area contributed by atoms with E-state index >= 15 is 0 Å². The molecule has 1 aliphatic heterocycles. The van der Waals surface area contributed by atoms with Gasteiger partial charge < -0.3 is 5.32 Å². The molecule has 3 atom stereocenters. The van der Waals surface area contributed by atoms with E-state index in [1.165, 1.54) is 12.1 Å². The summed E-state index contributed by atoms with van der Waals surface area (Å²) in [5, 5.41) is 3.72. The van der Waals surface area contributed by atoms with Crippen LogP contribution in [0.15, 0.2) is 30.3 Å². The fourth-order valence-corrected chi connectivity index (χ4v) is 2.91. The van der Waals surface area contributed by atoms with Crippen LogP contribution in [-0.4, -0.2) is 36.6 Å². The Morgan fingerprint density at radius 2 is 1.90 bits per heavy atom. The molecule has 3 unspecified atom stereocenters. The number of rotatable bonds is 4. The summed E-state index contributed by atoms with van der Waals surface area (Å²) >= 11 is 0. The second-order valence-electron chi connectivity index (χ2n) is 7.86. The summed E-state index contributed by atoms with van der Waals surface area (Å²) < 4.78 is 0. The van der Waals surface area contributed by atoms with Crippen molar-refractivity contribution in [3.8, 4) is 0 Å². The zero-order valence-corrected chi connectivity index (χ0v) is 14.4. The van der Waals surface area contributed by atoms with Crippen molar-refractivity contribution < 1.29 is 0 Å². The average molecular weight is 288 g/mol. The lowest BCUT2D eigenvalue weighted by Crippen LogP contribution is -2.57. The molecule has 1 aromatic carbocycles. The molecule has 2 heteroatoms. The Morgan fingerprint density at radius 1 is 1.24 bits per heavy atom. The first kappa shape index (κ1) is 16.5. The van der Waals surface area contributed by atoms with Gasteiger partial charge in [0.05, 0.1) is 0 Å². The fourth-order valence-electron chi connectivity index (χ4n) is 2.91. The molecule has 1 aromatic rings. The standard InChI is InChI=1S/C19H32N2/c1-15(19(3,4)5)13-21-14-18(20-12-16(21)2)11-17-9-7-6-8-10-17/h6-10,15-16,18,20H,11-14H2,1-5H3. The maximum absolute atomic E-state index is 3.72. The van der Waals surface area contributed by atoms with Crippen LogP contribution >= 0.6 is 0 Å². The number of benzene rings is 1. The van der Waals surface area contributed by atoms with Crippen molar-refractivity contribution in [3.05, 3.63) is 35.9 Å². The third-order valence-corrected chi connectivity index (χ3v) is 5.09. The zero-order valence-electron chi connectivity index (χ0n) is 14.4. The molecule has 0 bridgehead atoms. The predicted molar refractivity (Wildman–Crippen MR) is 91.6 cm³/mol. The normalized spacial score (nSPS) is 25.8. The Kier molecular flexibility index (Phi) is 5.45. The minimum atomic E-state index is 0.388. The van der Waals surface area contributed by atoms with Crippen molar-refractivity contribution in [1.29, 1.82) is 0 Å². The first-order chi connectivity index (χ1) is 9.86. The zero-order chi connectivity index (χ0) is 15.5. The van der Waals surface area contributed by atoms with Gasteiger partial charge in [-0.2, -0.15) is 0 Å². The second-order valence-corrected chi connectivity index (χ2v) is 7.86. The molecule has 0 amide bonds. The van der Waals surface area contributed by atoms with E-state index in [1.54, 1.807) is 0 Å². The lowest BCUT2D eigenvalue weighted by molar-refractivity contribution is 0.0911. The molecule has 0 aromatic heterocycles. The summed E-state index contributed by atoms with van der Waals surface area (Å²) in [7, 11) is 0. The van der Waals surface area contributed by atoms with Crippen molar-refractivity contribution in [2.75, 3.05) is 19.6 Å². The van der Waals surface area contributed by atoms with Gasteiger partial charge >= 0.3 is 0 Å². The average Bonchev–Trinajstić information content (AvgIpc) is 2.42. The van der Waals surface area contributed by atoms with Crippen LogP contribution in [0.3, 0.4) is 0 Å². The van der Waals surface area contributed by atoms with Crippen molar-refractivity contribution in [3.63, 3.8) is 0 Å². The van der Waals surface area contributed by atoms with Crippen molar-refractivity contribution in [1.82, 2.24) is 10.2 Å². The van der Waals surface area contributed by atoms with Gasteiger partial charge in [0.15, 0.2) is 0 Å². The summed E-state index contributed by atoms with van der Waals surface area (Å²) in [6.45, 7) is 15.3. The first-order valence-corrected chi connectivity index (χ1v) is 8.37. The highest BCUT2D eigenvalue weighted by Crippen LogP contribution is 2.27. The molecule has 0 aliphatic carbocycles. The fraction of sp³-hybridized carbons (Fsp3) is 0.684. The molecule has 2 rings (SSSR count). The summed E-state index contributed by atoms with van der Waals surface area (Å²) in [5.74, 6) is 0.718. The predicted octanol–water partition coefficient (Wildman–Crippen LogP) is 3.57. The molecule has 1 fully saturated rings. The molecular formula is C19H32N2. The van der Waals surface area contributed by atoms with E-state index in [-0.39, 0.29) is 0 Å². The Labute approximate surface area is 130 Å². The minimum absolute atomic E-state index is 0.388. The highest BCUT2D eigenvalue weighted by molar-refractivity contribution is 5.16. The molecule has 0 saturated carbocycles. The van der Waals surface area contributed by atoms with Gasteiger partial charge in [0, 0.05) is 31.7 Å². The second kappa shape index (κ2) is 6.93. The summed E-state index contributed by atoms with van der Waals surface area (Å²) in [6, 6.07) is 12.1. The van der Waals surface area contributed by atoms with Gasteiger partial charge in [-0.05, 0) is 30.2 Å². The monoisotopic (exact) mass is 288 g/mol. The Hall–Kier alpha value is -0.860. The number of nitrogens with zero attached hydrogens (tertiary/aromatic N) is 1. The van der Waals surface area contributed by atoms with Crippen LogP contribution in [0.2, 0.25) is 0 Å². The molecule has 21 heavy (non-hydrogen) atoms. The minimum Gasteiger partial charge on any atom is -0.311 e. The number of hydrogen-bond donors (Lipinski definition) is 1. The Bertz CT molecular complexity index is 421. The van der Waals surface area contributed by atoms with Crippen LogP contribution in [0, 0.1) is 11.3 Å². The van der Waals surface area contributed by atoms with Gasteiger partial charge in [0.1, 0.15) is 0 Å². The lowest BCUT2D eigenvalue weighted by Gasteiger charge is -2.42. The van der Waals surface area contributed by atoms with Gasteiger partial charge in [-0.15, -0.1) is 0 Å². The van der Waals surface area contributed by atoms with E-state index < -0.39 is 0 Å². The Balaban J connectivity index is 1.93. The molecule has 1 N–H and O–H groups in total. The summed E-state index contributed by atoms with van der Waals surface area (Å²) in [6.07, 6.45) is 1.13. The van der Waals surface area contributed by atoms with Crippen molar-refractivity contribution >= 4 is 0 Å². The summed E-state index contributed by atoms with van der Waals surface area (Å²) in [5.41, 5.74) is 1.83. The maximum atomic E-state index is 3.72. The number of hydrogen-bond acceptors (Lipinski definition) is 2. The highest BCUT2D eigenvalue weighted by Gasteiger charge is 2.29. The first-order valence-electron chi connectivity index (χ1n) is 8.37. The maximum Gasteiger partial charge on any atom is 0.0236 e. The van der Waals surface area contributed by atoms with E-state index in [9.17, 15) is 0 Å². The summed E-state index contributed by atoms with van der Waals surface area (Å²) in [4.78, 5) is 2.68. The van der Waals surface area contributed by atoms with Crippen molar-refractivity contribution in [2.24, 2.45) is 11.3 Å². The topological polar surface area (TPSA) is 15.3 Å². The molecule has 0 radical (unpaired) electrons. The largest absolute Gasteiger partial charge is 0.311 e. The Morgan fingerprint density at radius 3 is 2.52 bits per heavy atom. The quantitative estimate of drug-likeness (QED) is 0.911. The smallest absolute Gasteiger partial charge is 0.0236 e. The van der Waals surface area contributed by atoms with Crippen LogP contribution in [0.25, 0.3) is 0 Å². The lowest BCUT2D eigenvalue weighted by atomic mass is 9.81. The molecular weight excluding hydrogens is 256 g/mol. The van der Waals surface area contributed by atoms with E-state index in [4.69, 9.17) is 0 Å². The van der Waals surface area contributed by atoms with Gasteiger partial charge in [0.25, 0.3) is 0 Å². The molecule has 1 saturated heterocycles. The van der Waals surface area contributed by atoms with Gasteiger partial charge in [-0.25, -0.2) is 0 Å². The van der Waals surface area contributed by atoms with Crippen LogP contribution in [0.1, 0.15) is 40.2 Å². The third kappa shape index (κ3) is 4.82. The van der Waals surface area contributed by atoms with Gasteiger partial charge in [-0.1, -0.05) is 58.0 Å². The van der Waals surface area contributed by atoms with Crippen LogP contribution in [-0.2, 0) is 6.42 Å². The van der Waals surface area contributed by atoms with Gasteiger partial charge in [0.2, 0.25) is 0 Å². The van der Waals surface area contributed by atoms with E-state index in [0.29, 0.717) is 17.5 Å². The van der Waals surface area contributed by atoms with Crippen LogP contribution < -0.4 is 5.32 Å². The molecule has 2 nitrogen and oxygen atoms in total. The van der Waals surface area contributed by atoms with Crippen molar-refractivity contribution in [2.45, 2.75) is 53.1 Å². The highest BCUT2D eigenvalue weighted by atomic mass is 15.2. The van der Waals surface area contributed by atoms with Crippen LogP contribution in [0.5, 0.6) is 0 Å². The van der Waals surface area contributed by atoms with Gasteiger partial charge in [-0.3, -0.25) is 4.90 Å². The number of nitrogens with one attached hydrogen (secondary N) is 1. The molecule has 118 valence electrons. The molecule has 1 aliphatic rings. The van der Waals surface area contributed by atoms with Crippen LogP contribution in [0.4, 0.5) is 0 Å². The van der Waals surface area contributed by atoms with E-state index in [2.05, 4.69) is 75.2 Å². The number of piperazine rings is 1. The van der Waals surface area contributed by atoms with E-state index in [1.807, 2.05) is 0 Å². The SMILES string of the molecule is CC1CNC(Cc2ccccc2)CN1CC(C)C(C)(C)C. The molecule has 0 spiro atoms.